The van der Waals surface area contributed by atoms with E-state index in [0.717, 1.165) is 11.3 Å². The lowest BCUT2D eigenvalue weighted by Gasteiger charge is -2.08. The molecule has 3 N–H and O–H groups in total. The Labute approximate surface area is 188 Å². The van der Waals surface area contributed by atoms with Gasteiger partial charge < -0.3 is 27.5 Å². The van der Waals surface area contributed by atoms with Gasteiger partial charge in [-0.2, -0.15) is 0 Å². The molecule has 0 amide bonds. The Balaban J connectivity index is 0. The van der Waals surface area contributed by atoms with Crippen LogP contribution in [0.25, 0.3) is 0 Å². The summed E-state index contributed by atoms with van der Waals surface area (Å²) < 4.78 is 0. The number of aliphatic hydroxyl groups is 2. The van der Waals surface area contributed by atoms with Crippen molar-refractivity contribution in [3.63, 3.8) is 0 Å². The minimum atomic E-state index is -1.21. The molecule has 0 aromatic carbocycles. The molecule has 0 bridgehead atoms. The maximum Gasteiger partial charge on any atom is 0.202 e. The summed E-state index contributed by atoms with van der Waals surface area (Å²) in [6.45, 7) is 2.65. The number of rotatable bonds is 22. The fourth-order valence-corrected chi connectivity index (χ4v) is 3.80. The summed E-state index contributed by atoms with van der Waals surface area (Å²) in [4.78, 5) is 1.04. The average molecular weight is 434 g/mol. The SMILES string of the molecule is CCCCCCCCCCCCCCCCCCCCC=C[NH+](C)CC(O)O.[Cl-]. The molecule has 0 rings (SSSR count). The van der Waals surface area contributed by atoms with E-state index in [1.54, 1.807) is 0 Å². The number of unbranched alkanes of at least 4 members (excludes halogenated alkanes) is 18. The van der Waals surface area contributed by atoms with E-state index in [1.165, 1.54) is 116 Å². The zero-order valence-electron chi connectivity index (χ0n) is 19.6. The molecule has 0 aromatic rings. The van der Waals surface area contributed by atoms with Crippen molar-refractivity contribution in [3.8, 4) is 0 Å². The Hall–Kier alpha value is -0.0900. The number of quaternary nitrogens is 1. The van der Waals surface area contributed by atoms with Gasteiger partial charge in [-0.1, -0.05) is 116 Å². The number of hydrogen-bond acceptors (Lipinski definition) is 2. The monoisotopic (exact) mass is 433 g/mol. The fourth-order valence-electron chi connectivity index (χ4n) is 3.80. The van der Waals surface area contributed by atoms with E-state index in [0.29, 0.717) is 6.54 Å². The van der Waals surface area contributed by atoms with Gasteiger partial charge in [0, 0.05) is 0 Å². The van der Waals surface area contributed by atoms with Gasteiger partial charge in [-0.25, -0.2) is 0 Å². The Bertz CT molecular complexity index is 324. The van der Waals surface area contributed by atoms with E-state index >= 15 is 0 Å². The lowest BCUT2D eigenvalue weighted by atomic mass is 10.0. The van der Waals surface area contributed by atoms with Crippen molar-refractivity contribution >= 4 is 0 Å². The molecular formula is C25H52ClNO2. The van der Waals surface area contributed by atoms with E-state index in [2.05, 4.69) is 13.0 Å². The maximum absolute atomic E-state index is 8.89. The van der Waals surface area contributed by atoms with Crippen LogP contribution in [0.3, 0.4) is 0 Å². The molecule has 176 valence electrons. The number of nitrogens with one attached hydrogen (secondary N) is 1. The van der Waals surface area contributed by atoms with Gasteiger partial charge in [-0.15, -0.1) is 0 Å². The van der Waals surface area contributed by atoms with Gasteiger partial charge in [0.05, 0.1) is 13.2 Å². The highest BCUT2D eigenvalue weighted by molar-refractivity contribution is 4.71. The maximum atomic E-state index is 8.89. The molecule has 0 heterocycles. The van der Waals surface area contributed by atoms with Gasteiger partial charge in [0.2, 0.25) is 6.29 Å². The van der Waals surface area contributed by atoms with Gasteiger partial charge in [-0.05, 0) is 18.9 Å². The van der Waals surface area contributed by atoms with Crippen molar-refractivity contribution in [2.24, 2.45) is 0 Å². The number of halogens is 1. The van der Waals surface area contributed by atoms with Crippen molar-refractivity contribution in [1.82, 2.24) is 0 Å². The van der Waals surface area contributed by atoms with Crippen molar-refractivity contribution in [3.05, 3.63) is 12.3 Å². The second-order valence-electron chi connectivity index (χ2n) is 8.73. The van der Waals surface area contributed by atoms with Crippen LogP contribution in [-0.2, 0) is 0 Å². The van der Waals surface area contributed by atoms with Crippen molar-refractivity contribution in [1.29, 1.82) is 0 Å². The highest BCUT2D eigenvalue weighted by Gasteiger charge is 2.03. The summed E-state index contributed by atoms with van der Waals surface area (Å²) in [5.74, 6) is 0. The summed E-state index contributed by atoms with van der Waals surface area (Å²) in [6, 6.07) is 0. The molecule has 1 atom stereocenters. The minimum absolute atomic E-state index is 0. The van der Waals surface area contributed by atoms with Crippen LogP contribution < -0.4 is 17.3 Å². The summed E-state index contributed by atoms with van der Waals surface area (Å²) >= 11 is 0. The summed E-state index contributed by atoms with van der Waals surface area (Å²) in [6.07, 6.45) is 29.6. The predicted octanol–water partition coefficient (Wildman–Crippen LogP) is 2.76. The summed E-state index contributed by atoms with van der Waals surface area (Å²) in [7, 11) is 1.95. The number of hydrogen-bond donors (Lipinski definition) is 3. The van der Waals surface area contributed by atoms with Crippen LogP contribution in [0.5, 0.6) is 0 Å². The highest BCUT2D eigenvalue weighted by atomic mass is 35.5. The number of likely N-dealkylation sites (N-methyl/N-ethyl adjacent to an activating group) is 1. The Morgan fingerprint density at radius 3 is 1.31 bits per heavy atom. The topological polar surface area (TPSA) is 44.9 Å². The average Bonchev–Trinajstić information content (AvgIpc) is 2.66. The molecule has 0 saturated carbocycles. The first-order chi connectivity index (χ1) is 13.7. The van der Waals surface area contributed by atoms with Crippen LogP contribution in [0, 0.1) is 0 Å². The van der Waals surface area contributed by atoms with E-state index in [1.807, 2.05) is 13.2 Å². The van der Waals surface area contributed by atoms with Crippen LogP contribution >= 0.6 is 0 Å². The van der Waals surface area contributed by atoms with E-state index in [4.69, 9.17) is 10.2 Å². The first-order valence-electron chi connectivity index (χ1n) is 12.5. The molecule has 0 fully saturated rings. The van der Waals surface area contributed by atoms with Crippen LogP contribution in [-0.4, -0.2) is 30.1 Å². The number of allylic oxidation sites excluding steroid dienone is 1. The largest absolute Gasteiger partial charge is 1.00 e. The molecule has 29 heavy (non-hydrogen) atoms. The third-order valence-electron chi connectivity index (χ3n) is 5.63. The molecule has 0 saturated heterocycles. The second kappa shape index (κ2) is 25.9. The molecule has 0 spiro atoms. The first kappa shape index (κ1) is 31.1. The highest BCUT2D eigenvalue weighted by Crippen LogP contribution is 2.14. The smallest absolute Gasteiger partial charge is 0.202 e. The van der Waals surface area contributed by atoms with Gasteiger partial charge in [0.1, 0.15) is 6.54 Å². The molecule has 0 radical (unpaired) electrons. The Kier molecular flexibility index (Phi) is 27.8. The van der Waals surface area contributed by atoms with Crippen LogP contribution in [0.15, 0.2) is 12.3 Å². The van der Waals surface area contributed by atoms with Gasteiger partial charge in [0.15, 0.2) is 0 Å². The first-order valence-corrected chi connectivity index (χ1v) is 12.5. The zero-order chi connectivity index (χ0) is 20.7. The van der Waals surface area contributed by atoms with Crippen LogP contribution in [0.4, 0.5) is 0 Å². The summed E-state index contributed by atoms with van der Waals surface area (Å²) in [5, 5.41) is 17.8. The minimum Gasteiger partial charge on any atom is -1.00 e. The molecule has 0 aliphatic rings. The van der Waals surface area contributed by atoms with E-state index < -0.39 is 6.29 Å². The van der Waals surface area contributed by atoms with Gasteiger partial charge in [0.25, 0.3) is 0 Å². The molecule has 4 heteroatoms. The lowest BCUT2D eigenvalue weighted by Crippen LogP contribution is -3.05. The van der Waals surface area contributed by atoms with Crippen molar-refractivity contribution in [2.45, 2.75) is 135 Å². The fraction of sp³-hybridized carbons (Fsp3) is 0.920. The predicted molar refractivity (Wildman–Crippen MR) is 123 cm³/mol. The van der Waals surface area contributed by atoms with Gasteiger partial charge >= 0.3 is 0 Å². The standard InChI is InChI=1S/C25H51NO2.ClH/c1-3-4-5-6-7-8-9-10-11-12-13-14-15-16-17-18-19-20-21-22-23-26(2)24-25(27)28;/h22-23,25,27-28H,3-21,24H2,1-2H3;1H. The normalized spacial score (nSPS) is 12.6. The van der Waals surface area contributed by atoms with Crippen LogP contribution in [0.1, 0.15) is 129 Å². The lowest BCUT2D eigenvalue weighted by molar-refractivity contribution is -0.832. The van der Waals surface area contributed by atoms with Gasteiger partial charge in [-0.3, -0.25) is 0 Å². The molecule has 0 aliphatic heterocycles. The number of aliphatic hydroxyl groups excluding tert-OH is 1. The Morgan fingerprint density at radius 1 is 0.621 bits per heavy atom. The summed E-state index contributed by atoms with van der Waals surface area (Å²) in [5.41, 5.74) is 0. The molecule has 0 aliphatic carbocycles. The van der Waals surface area contributed by atoms with E-state index in [9.17, 15) is 0 Å². The molecule has 0 aromatic heterocycles. The zero-order valence-corrected chi connectivity index (χ0v) is 20.4. The van der Waals surface area contributed by atoms with Crippen molar-refractivity contribution in [2.75, 3.05) is 13.6 Å². The molecule has 3 nitrogen and oxygen atoms in total. The Morgan fingerprint density at radius 2 is 0.966 bits per heavy atom. The van der Waals surface area contributed by atoms with Crippen molar-refractivity contribution < 1.29 is 27.5 Å². The third kappa shape index (κ3) is 27.9. The second-order valence-corrected chi connectivity index (χ2v) is 8.73. The third-order valence-corrected chi connectivity index (χ3v) is 5.63. The van der Waals surface area contributed by atoms with E-state index in [-0.39, 0.29) is 12.4 Å². The molecular weight excluding hydrogens is 382 g/mol. The quantitative estimate of drug-likeness (QED) is 0.181. The molecule has 1 unspecified atom stereocenters. The van der Waals surface area contributed by atoms with Crippen LogP contribution in [0.2, 0.25) is 0 Å².